The van der Waals surface area contributed by atoms with Gasteiger partial charge in [0, 0.05) is 31.6 Å². The van der Waals surface area contributed by atoms with Gasteiger partial charge < -0.3 is 15.5 Å². The average molecular weight is 481 g/mol. The maximum absolute atomic E-state index is 13.6. The van der Waals surface area contributed by atoms with Crippen LogP contribution in [0.25, 0.3) is 0 Å². The number of benzene rings is 1. The lowest BCUT2D eigenvalue weighted by molar-refractivity contribution is 0.585. The van der Waals surface area contributed by atoms with E-state index in [0.717, 1.165) is 29.0 Å². The summed E-state index contributed by atoms with van der Waals surface area (Å²) in [6.07, 6.45) is 0. The smallest absolute Gasteiger partial charge is 0.191 e. The van der Waals surface area contributed by atoms with Gasteiger partial charge in [-0.1, -0.05) is 0 Å². The molecule has 1 aromatic carbocycles. The largest absolute Gasteiger partial charge is 0.357 e. The van der Waals surface area contributed by atoms with Gasteiger partial charge in [-0.3, -0.25) is 0 Å². The number of thiazole rings is 1. The number of hydrogen-bond donors (Lipinski definition) is 2. The summed E-state index contributed by atoms with van der Waals surface area (Å²) >= 11 is 1.56. The second-order valence-electron chi connectivity index (χ2n) is 5.30. The molecule has 0 spiro atoms. The quantitative estimate of drug-likeness (QED) is 0.378. The number of aliphatic imine (C=N–C) groups is 1. The summed E-state index contributed by atoms with van der Waals surface area (Å²) in [6.45, 7) is 3.16. The number of guanidine groups is 1. The Labute approximate surface area is 167 Å². The third-order valence-corrected chi connectivity index (χ3v) is 4.18. The summed E-state index contributed by atoms with van der Waals surface area (Å²) in [5.41, 5.74) is 1.11. The molecule has 25 heavy (non-hydrogen) atoms. The molecule has 5 nitrogen and oxygen atoms in total. The fraction of sp³-hybridized carbons (Fsp3) is 0.375. The highest BCUT2D eigenvalue weighted by Crippen LogP contribution is 2.17. The molecule has 1 heterocycles. The topological polar surface area (TPSA) is 52.6 Å². The molecule has 0 bridgehead atoms. The molecule has 138 valence electrons. The SMILES string of the molecule is CCNC(=NCc1cc(F)ccc1F)NCc1csc(N(C)C)n1.I. The van der Waals surface area contributed by atoms with E-state index in [1.54, 1.807) is 11.3 Å². The summed E-state index contributed by atoms with van der Waals surface area (Å²) in [5, 5.41) is 9.11. The van der Waals surface area contributed by atoms with Crippen molar-refractivity contribution in [2.75, 3.05) is 25.5 Å². The first-order chi connectivity index (χ1) is 11.5. The molecular weight excluding hydrogens is 459 g/mol. The van der Waals surface area contributed by atoms with Crippen molar-refractivity contribution in [3.05, 3.63) is 46.5 Å². The van der Waals surface area contributed by atoms with Crippen LogP contribution in [0.2, 0.25) is 0 Å². The number of aromatic nitrogens is 1. The molecule has 2 rings (SSSR count). The third kappa shape index (κ3) is 6.73. The van der Waals surface area contributed by atoms with Crippen LogP contribution in [0.3, 0.4) is 0 Å². The Morgan fingerprint density at radius 3 is 2.68 bits per heavy atom. The van der Waals surface area contributed by atoms with Gasteiger partial charge in [0.25, 0.3) is 0 Å². The predicted molar refractivity (Wildman–Crippen MR) is 110 cm³/mol. The fourth-order valence-corrected chi connectivity index (χ4v) is 2.69. The molecule has 0 saturated heterocycles. The van der Waals surface area contributed by atoms with E-state index in [9.17, 15) is 8.78 Å². The molecular formula is C16H22F2IN5S. The van der Waals surface area contributed by atoms with Crippen LogP contribution in [-0.2, 0) is 13.1 Å². The van der Waals surface area contributed by atoms with Crippen molar-refractivity contribution in [2.45, 2.75) is 20.0 Å². The van der Waals surface area contributed by atoms with E-state index in [1.807, 2.05) is 31.3 Å². The van der Waals surface area contributed by atoms with Crippen molar-refractivity contribution in [1.82, 2.24) is 15.6 Å². The van der Waals surface area contributed by atoms with E-state index >= 15 is 0 Å². The Balaban J connectivity index is 0.00000312. The lowest BCUT2D eigenvalue weighted by atomic mass is 10.2. The number of nitrogens with zero attached hydrogens (tertiary/aromatic N) is 3. The highest BCUT2D eigenvalue weighted by molar-refractivity contribution is 14.0. The summed E-state index contributed by atoms with van der Waals surface area (Å²) in [5.74, 6) is -0.412. The Morgan fingerprint density at radius 1 is 1.28 bits per heavy atom. The number of anilines is 1. The lowest BCUT2D eigenvalue weighted by Gasteiger charge is -2.10. The average Bonchev–Trinajstić information content (AvgIpc) is 3.02. The molecule has 9 heteroatoms. The van der Waals surface area contributed by atoms with Crippen LogP contribution in [0.1, 0.15) is 18.2 Å². The Kier molecular flexibility index (Phi) is 9.04. The highest BCUT2D eigenvalue weighted by atomic mass is 127. The van der Waals surface area contributed by atoms with E-state index in [0.29, 0.717) is 19.0 Å². The van der Waals surface area contributed by atoms with Crippen LogP contribution in [0.5, 0.6) is 0 Å². The maximum atomic E-state index is 13.6. The van der Waals surface area contributed by atoms with Gasteiger partial charge in [-0.2, -0.15) is 0 Å². The van der Waals surface area contributed by atoms with E-state index < -0.39 is 11.6 Å². The summed E-state index contributed by atoms with van der Waals surface area (Å²) in [7, 11) is 3.88. The molecule has 2 N–H and O–H groups in total. The first-order valence-electron chi connectivity index (χ1n) is 7.57. The number of halogens is 3. The molecule has 0 saturated carbocycles. The maximum Gasteiger partial charge on any atom is 0.191 e. The molecule has 0 aliphatic rings. The molecule has 0 aliphatic heterocycles. The minimum absolute atomic E-state index is 0. The first kappa shape index (κ1) is 21.6. The van der Waals surface area contributed by atoms with Crippen LogP contribution >= 0.6 is 35.3 Å². The Morgan fingerprint density at radius 2 is 2.04 bits per heavy atom. The third-order valence-electron chi connectivity index (χ3n) is 3.12. The molecule has 0 unspecified atom stereocenters. The van der Waals surface area contributed by atoms with E-state index in [-0.39, 0.29) is 36.1 Å². The van der Waals surface area contributed by atoms with Crippen molar-refractivity contribution >= 4 is 46.4 Å². The van der Waals surface area contributed by atoms with Gasteiger partial charge in [0.2, 0.25) is 0 Å². The van der Waals surface area contributed by atoms with Crippen molar-refractivity contribution in [3.8, 4) is 0 Å². The van der Waals surface area contributed by atoms with Gasteiger partial charge in [0.1, 0.15) is 11.6 Å². The van der Waals surface area contributed by atoms with Gasteiger partial charge in [0.15, 0.2) is 11.1 Å². The number of nitrogens with one attached hydrogen (secondary N) is 2. The zero-order valence-corrected chi connectivity index (χ0v) is 17.5. The van der Waals surface area contributed by atoms with Gasteiger partial charge in [-0.25, -0.2) is 18.8 Å². The summed E-state index contributed by atoms with van der Waals surface area (Å²) in [6, 6.07) is 3.36. The van der Waals surface area contributed by atoms with Crippen LogP contribution in [0, 0.1) is 11.6 Å². The molecule has 0 aliphatic carbocycles. The molecule has 0 atom stereocenters. The Hall–Kier alpha value is -1.49. The zero-order chi connectivity index (χ0) is 17.5. The summed E-state index contributed by atoms with van der Waals surface area (Å²) < 4.78 is 26.8. The molecule has 0 amide bonds. The van der Waals surface area contributed by atoms with Crippen LogP contribution in [0.15, 0.2) is 28.6 Å². The second-order valence-corrected chi connectivity index (χ2v) is 6.14. The first-order valence-corrected chi connectivity index (χ1v) is 8.45. The van der Waals surface area contributed by atoms with Crippen molar-refractivity contribution < 1.29 is 8.78 Å². The second kappa shape index (κ2) is 10.5. The Bertz CT molecular complexity index is 706. The normalized spacial score (nSPS) is 11.0. The molecule has 0 radical (unpaired) electrons. The van der Waals surface area contributed by atoms with Gasteiger partial charge in [-0.05, 0) is 25.1 Å². The van der Waals surface area contributed by atoms with E-state index in [4.69, 9.17) is 0 Å². The van der Waals surface area contributed by atoms with Gasteiger partial charge in [-0.15, -0.1) is 35.3 Å². The van der Waals surface area contributed by atoms with Crippen molar-refractivity contribution in [3.63, 3.8) is 0 Å². The fourth-order valence-electron chi connectivity index (χ4n) is 1.93. The highest BCUT2D eigenvalue weighted by Gasteiger charge is 2.06. The monoisotopic (exact) mass is 481 g/mol. The van der Waals surface area contributed by atoms with Gasteiger partial charge >= 0.3 is 0 Å². The minimum atomic E-state index is -0.474. The predicted octanol–water partition coefficient (Wildman–Crippen LogP) is 3.36. The van der Waals surface area contributed by atoms with Gasteiger partial charge in [0.05, 0.1) is 18.8 Å². The van der Waals surface area contributed by atoms with E-state index in [1.165, 1.54) is 0 Å². The van der Waals surface area contributed by atoms with Crippen molar-refractivity contribution in [2.24, 2.45) is 4.99 Å². The van der Waals surface area contributed by atoms with E-state index in [2.05, 4.69) is 20.6 Å². The minimum Gasteiger partial charge on any atom is -0.357 e. The molecule has 2 aromatic rings. The molecule has 1 aromatic heterocycles. The van der Waals surface area contributed by atoms with Crippen LogP contribution in [0.4, 0.5) is 13.9 Å². The zero-order valence-electron chi connectivity index (χ0n) is 14.3. The number of rotatable bonds is 6. The molecule has 0 fully saturated rings. The lowest BCUT2D eigenvalue weighted by Crippen LogP contribution is -2.36. The van der Waals surface area contributed by atoms with Crippen molar-refractivity contribution in [1.29, 1.82) is 0 Å². The van der Waals surface area contributed by atoms with Crippen LogP contribution in [-0.4, -0.2) is 31.6 Å². The standard InChI is InChI=1S/C16H21F2N5S.HI/c1-4-19-15(20-8-11-7-12(17)5-6-14(11)18)21-9-13-10-24-16(22-13)23(2)3;/h5-7,10H,4,8-9H2,1-3H3,(H2,19,20,21);1H. The number of hydrogen-bond acceptors (Lipinski definition) is 4. The van der Waals surface area contributed by atoms with Crippen LogP contribution < -0.4 is 15.5 Å². The summed E-state index contributed by atoms with van der Waals surface area (Å²) in [4.78, 5) is 10.7.